The van der Waals surface area contributed by atoms with Gasteiger partial charge >= 0.3 is 0 Å². The average Bonchev–Trinajstić information content (AvgIpc) is 2.79. The summed E-state index contributed by atoms with van der Waals surface area (Å²) in [5.41, 5.74) is 1.19. The van der Waals surface area contributed by atoms with Gasteiger partial charge in [0.25, 0.3) is 0 Å². The Morgan fingerprint density at radius 2 is 1.92 bits per heavy atom. The number of fused-ring (bicyclic) bond motifs is 1. The third-order valence-electron chi connectivity index (χ3n) is 6.67. The van der Waals surface area contributed by atoms with Gasteiger partial charge in [0.2, 0.25) is 0 Å². The smallest absolute Gasteiger partial charge is 0.180 e. The highest BCUT2D eigenvalue weighted by Gasteiger charge is 2.41. The van der Waals surface area contributed by atoms with E-state index >= 15 is 0 Å². The van der Waals surface area contributed by atoms with Crippen molar-refractivity contribution in [3.8, 4) is 5.75 Å². The van der Waals surface area contributed by atoms with E-state index in [1.54, 1.807) is 32.9 Å². The predicted octanol–water partition coefficient (Wildman–Crippen LogP) is 6.76. The Morgan fingerprint density at radius 3 is 2.53 bits per heavy atom. The van der Waals surface area contributed by atoms with Crippen LogP contribution >= 0.6 is 0 Å². The van der Waals surface area contributed by atoms with E-state index in [2.05, 4.69) is 19.1 Å². The number of ether oxygens (including phenoxy) is 2. The molecular formula is C29H37FO5S. The van der Waals surface area contributed by atoms with Crippen molar-refractivity contribution in [2.24, 2.45) is 0 Å². The minimum Gasteiger partial charge on any atom is -0.479 e. The molecule has 1 aliphatic rings. The summed E-state index contributed by atoms with van der Waals surface area (Å²) >= 11 is 0. The SMILES string of the molecule is CCCC1(CCCC(=O)c2ccc(S(=O)(=O)C(C)C)c(C)c2)C[C@H](OC(C)C)c2cc(F)c#cc2O1. The second-order valence-electron chi connectivity index (χ2n) is 10.3. The topological polar surface area (TPSA) is 69.7 Å². The molecule has 1 unspecified atom stereocenters. The monoisotopic (exact) mass is 516 g/mol. The van der Waals surface area contributed by atoms with Gasteiger partial charge in [-0.15, -0.1) is 0 Å². The number of halogens is 1. The molecule has 1 heterocycles. The molecule has 2 aromatic carbocycles. The highest BCUT2D eigenvalue weighted by Crippen LogP contribution is 2.45. The lowest BCUT2D eigenvalue weighted by atomic mass is 9.81. The summed E-state index contributed by atoms with van der Waals surface area (Å²) in [5.74, 6) is -0.0668. The second kappa shape index (κ2) is 11.3. The van der Waals surface area contributed by atoms with Gasteiger partial charge in [0.1, 0.15) is 5.60 Å². The van der Waals surface area contributed by atoms with Crippen LogP contribution in [-0.2, 0) is 14.6 Å². The van der Waals surface area contributed by atoms with Crippen LogP contribution in [0.2, 0.25) is 0 Å². The number of carbonyl (C=O) groups excluding carboxylic acids is 1. The highest BCUT2D eigenvalue weighted by molar-refractivity contribution is 7.92. The molecule has 0 N–H and O–H groups in total. The Hall–Kier alpha value is -2.43. The summed E-state index contributed by atoms with van der Waals surface area (Å²) < 4.78 is 51.5. The van der Waals surface area contributed by atoms with Gasteiger partial charge in [-0.1, -0.05) is 19.4 Å². The zero-order valence-electron chi connectivity index (χ0n) is 22.1. The molecular weight excluding hydrogens is 479 g/mol. The number of rotatable bonds is 11. The minimum absolute atomic E-state index is 0.0357. The van der Waals surface area contributed by atoms with Gasteiger partial charge in [0, 0.05) is 24.0 Å². The van der Waals surface area contributed by atoms with Crippen molar-refractivity contribution in [3.63, 3.8) is 0 Å². The molecule has 0 amide bonds. The van der Waals surface area contributed by atoms with E-state index in [0.29, 0.717) is 48.1 Å². The zero-order valence-corrected chi connectivity index (χ0v) is 22.9. The van der Waals surface area contributed by atoms with Crippen LogP contribution in [0.15, 0.2) is 29.2 Å². The minimum atomic E-state index is -3.41. The fraction of sp³-hybridized carbons (Fsp3) is 0.552. The van der Waals surface area contributed by atoms with E-state index in [9.17, 15) is 17.6 Å². The molecule has 0 saturated carbocycles. The fourth-order valence-corrected chi connectivity index (χ4v) is 6.18. The van der Waals surface area contributed by atoms with E-state index in [-0.39, 0.29) is 22.9 Å². The first-order valence-electron chi connectivity index (χ1n) is 12.7. The van der Waals surface area contributed by atoms with Crippen molar-refractivity contribution in [1.29, 1.82) is 0 Å². The summed E-state index contributed by atoms with van der Waals surface area (Å²) in [6, 6.07) is 11.5. The lowest BCUT2D eigenvalue weighted by Gasteiger charge is -2.42. The zero-order chi connectivity index (χ0) is 26.7. The van der Waals surface area contributed by atoms with Gasteiger partial charge < -0.3 is 9.47 Å². The van der Waals surface area contributed by atoms with Crippen LogP contribution in [0.3, 0.4) is 0 Å². The fourth-order valence-electron chi connectivity index (χ4n) is 4.90. The number of Topliss-reactive ketones (excluding diaryl/α,β-unsaturated/α-hetero) is 1. The van der Waals surface area contributed by atoms with E-state index in [1.807, 2.05) is 13.8 Å². The van der Waals surface area contributed by atoms with Gasteiger partial charge in [0.05, 0.1) is 22.4 Å². The number of benzene rings is 1. The summed E-state index contributed by atoms with van der Waals surface area (Å²) in [6.45, 7) is 11.0. The third kappa shape index (κ3) is 6.27. The first-order valence-corrected chi connectivity index (χ1v) is 14.3. The second-order valence-corrected chi connectivity index (χ2v) is 12.8. The maximum absolute atomic E-state index is 13.9. The lowest BCUT2D eigenvalue weighted by molar-refractivity contribution is -0.0761. The standard InChI is InChI=1S/C29H37FO5S/c1-7-14-29(18-27(34-19(2)3)24-17-23(30)11-12-26(24)35-29)15-8-9-25(31)22-10-13-28(21(6)16-22)36(32,33)20(4)5/h10,13,16-17,19-20,27H,7-9,14-15,18H2,1-6H3/t27-,29?/m0/s1. The molecule has 0 radical (unpaired) electrons. The molecule has 0 bridgehead atoms. The lowest BCUT2D eigenvalue weighted by Crippen LogP contribution is -2.42. The molecule has 3 rings (SSSR count). The van der Waals surface area contributed by atoms with Crippen molar-refractivity contribution < 1.29 is 27.1 Å². The van der Waals surface area contributed by atoms with Crippen LogP contribution in [0, 0.1) is 24.9 Å². The Bertz CT molecular complexity index is 1190. The van der Waals surface area contributed by atoms with E-state index in [4.69, 9.17) is 9.47 Å². The van der Waals surface area contributed by atoms with Gasteiger partial charge in [-0.25, -0.2) is 8.42 Å². The Kier molecular flexibility index (Phi) is 8.84. The summed E-state index contributed by atoms with van der Waals surface area (Å²) in [6.07, 6.45) is 3.39. The van der Waals surface area contributed by atoms with Gasteiger partial charge in [-0.3, -0.25) is 4.79 Å². The molecule has 2 aromatic rings. The largest absolute Gasteiger partial charge is 0.479 e. The molecule has 0 saturated heterocycles. The molecule has 0 aromatic heterocycles. The first kappa shape index (κ1) is 28.1. The van der Waals surface area contributed by atoms with Gasteiger partial charge in [0.15, 0.2) is 27.2 Å². The van der Waals surface area contributed by atoms with Crippen LogP contribution in [0.5, 0.6) is 5.75 Å². The molecule has 196 valence electrons. The van der Waals surface area contributed by atoms with Crippen molar-refractivity contribution in [2.75, 3.05) is 0 Å². The maximum Gasteiger partial charge on any atom is 0.180 e. The Balaban J connectivity index is 1.75. The molecule has 0 fully saturated rings. The molecule has 0 spiro atoms. The molecule has 1 aliphatic heterocycles. The molecule has 0 aliphatic carbocycles. The third-order valence-corrected chi connectivity index (χ3v) is 8.98. The van der Waals surface area contributed by atoms with Gasteiger partial charge in [-0.05, 0) is 89.8 Å². The quantitative estimate of drug-likeness (QED) is 0.309. The predicted molar refractivity (Wildman–Crippen MR) is 138 cm³/mol. The number of aryl methyl sites for hydroxylation is 1. The molecule has 36 heavy (non-hydrogen) atoms. The van der Waals surface area contributed by atoms with Crippen LogP contribution in [0.4, 0.5) is 4.39 Å². The maximum atomic E-state index is 13.9. The number of ketones is 1. The number of sulfone groups is 1. The summed E-state index contributed by atoms with van der Waals surface area (Å²) in [7, 11) is -3.41. The average molecular weight is 517 g/mol. The Labute approximate surface area is 215 Å². The van der Waals surface area contributed by atoms with E-state index in [0.717, 1.165) is 12.8 Å². The van der Waals surface area contributed by atoms with Crippen molar-refractivity contribution in [3.05, 3.63) is 58.9 Å². The highest BCUT2D eigenvalue weighted by atomic mass is 32.2. The molecule has 7 heteroatoms. The number of carbonyl (C=O) groups is 1. The van der Waals surface area contributed by atoms with Crippen LogP contribution in [-0.4, -0.2) is 31.2 Å². The van der Waals surface area contributed by atoms with Crippen molar-refractivity contribution in [2.45, 2.75) is 108 Å². The van der Waals surface area contributed by atoms with Crippen LogP contribution < -0.4 is 4.74 Å². The van der Waals surface area contributed by atoms with Crippen molar-refractivity contribution >= 4 is 15.6 Å². The van der Waals surface area contributed by atoms with E-state index < -0.39 is 26.5 Å². The van der Waals surface area contributed by atoms with Crippen molar-refractivity contribution in [1.82, 2.24) is 0 Å². The van der Waals surface area contributed by atoms with Crippen LogP contribution in [0.1, 0.15) is 101 Å². The summed E-state index contributed by atoms with van der Waals surface area (Å²) in [4.78, 5) is 13.2. The number of hydrogen-bond donors (Lipinski definition) is 0. The normalized spacial score (nSPS) is 19.6. The van der Waals surface area contributed by atoms with Crippen LogP contribution in [0.25, 0.3) is 0 Å². The number of hydrogen-bond acceptors (Lipinski definition) is 5. The van der Waals surface area contributed by atoms with E-state index in [1.165, 1.54) is 12.1 Å². The molecule has 2 atom stereocenters. The summed E-state index contributed by atoms with van der Waals surface area (Å²) in [5, 5.41) is -0.525. The molecule has 5 nitrogen and oxygen atoms in total. The Morgan fingerprint density at radius 1 is 1.19 bits per heavy atom. The first-order chi connectivity index (χ1) is 16.9. The van der Waals surface area contributed by atoms with Gasteiger partial charge in [-0.2, -0.15) is 4.39 Å².